The quantitative estimate of drug-likeness (QED) is 0.851. The molecule has 0 saturated carbocycles. The lowest BCUT2D eigenvalue weighted by molar-refractivity contribution is 0.416. The molecule has 1 heterocycles. The Morgan fingerprint density at radius 1 is 1.17 bits per heavy atom. The van der Waals surface area contributed by atoms with Crippen LogP contribution >= 0.6 is 0 Å². The molecule has 0 atom stereocenters. The summed E-state index contributed by atoms with van der Waals surface area (Å²) < 4.78 is 10.6. The number of anilines is 1. The number of ether oxygens (including phenoxy) is 1. The molecule has 112 valence electrons. The maximum atomic E-state index is 9.12. The molecule has 1 aromatic heterocycles. The van der Waals surface area contributed by atoms with Crippen molar-refractivity contribution >= 4 is 5.69 Å². The number of aryl methyl sites for hydroxylation is 1. The molecule has 0 bridgehead atoms. The standard InChI is InChI=1S/C15H10N6O2/c1-9-20-21-15(23-9)10-3-4-14(22-2)12(5-10)19-13(8-18)11(6-16)7-17/h3-5,19H,1-2H3. The summed E-state index contributed by atoms with van der Waals surface area (Å²) in [5.74, 6) is 1.14. The van der Waals surface area contributed by atoms with E-state index in [1.54, 1.807) is 43.3 Å². The summed E-state index contributed by atoms with van der Waals surface area (Å²) in [5, 5.41) is 37.3. The summed E-state index contributed by atoms with van der Waals surface area (Å²) in [5.41, 5.74) is 0.489. The number of nitrogens with zero attached hydrogens (tertiary/aromatic N) is 5. The van der Waals surface area contributed by atoms with E-state index in [2.05, 4.69) is 15.5 Å². The average molecular weight is 306 g/mol. The molecule has 23 heavy (non-hydrogen) atoms. The van der Waals surface area contributed by atoms with Gasteiger partial charge in [0, 0.05) is 12.5 Å². The second kappa shape index (κ2) is 6.75. The van der Waals surface area contributed by atoms with Crippen LogP contribution < -0.4 is 10.1 Å². The molecule has 0 fully saturated rings. The summed E-state index contributed by atoms with van der Waals surface area (Å²) >= 11 is 0. The van der Waals surface area contributed by atoms with E-state index in [9.17, 15) is 0 Å². The van der Waals surface area contributed by atoms with Crippen LogP contribution in [0.3, 0.4) is 0 Å². The fraction of sp³-hybridized carbons (Fsp3) is 0.133. The fourth-order valence-electron chi connectivity index (χ4n) is 1.77. The van der Waals surface area contributed by atoms with Crippen LogP contribution in [-0.4, -0.2) is 17.3 Å². The highest BCUT2D eigenvalue weighted by atomic mass is 16.5. The van der Waals surface area contributed by atoms with Crippen LogP contribution in [0.4, 0.5) is 5.69 Å². The van der Waals surface area contributed by atoms with E-state index in [0.717, 1.165) is 0 Å². The number of nitrogens with one attached hydrogen (secondary N) is 1. The van der Waals surface area contributed by atoms with E-state index in [-0.39, 0.29) is 11.3 Å². The molecule has 1 aromatic carbocycles. The van der Waals surface area contributed by atoms with E-state index in [1.165, 1.54) is 7.11 Å². The molecule has 2 aromatic rings. The van der Waals surface area contributed by atoms with Gasteiger partial charge in [0.15, 0.2) is 5.57 Å². The fourth-order valence-corrected chi connectivity index (χ4v) is 1.77. The minimum atomic E-state index is -0.325. The van der Waals surface area contributed by atoms with Crippen LogP contribution in [0.1, 0.15) is 5.89 Å². The third kappa shape index (κ3) is 3.26. The Morgan fingerprint density at radius 3 is 2.43 bits per heavy atom. The first-order valence-corrected chi connectivity index (χ1v) is 6.33. The predicted molar refractivity (Wildman–Crippen MR) is 78.5 cm³/mol. The van der Waals surface area contributed by atoms with Gasteiger partial charge in [-0.15, -0.1) is 10.2 Å². The van der Waals surface area contributed by atoms with E-state index < -0.39 is 0 Å². The molecule has 0 saturated heterocycles. The van der Waals surface area contributed by atoms with Crippen LogP contribution in [0.15, 0.2) is 33.9 Å². The maximum Gasteiger partial charge on any atom is 0.247 e. The van der Waals surface area contributed by atoms with Gasteiger partial charge < -0.3 is 14.5 Å². The molecule has 1 N–H and O–H groups in total. The summed E-state index contributed by atoms with van der Waals surface area (Å²) in [4.78, 5) is 0. The van der Waals surface area contributed by atoms with E-state index in [1.807, 2.05) is 0 Å². The molecule has 2 rings (SSSR count). The summed E-state index contributed by atoms with van der Waals surface area (Å²) in [6.45, 7) is 1.67. The van der Waals surface area contributed by atoms with Gasteiger partial charge in [0.05, 0.1) is 12.8 Å². The minimum absolute atomic E-state index is 0.174. The van der Waals surface area contributed by atoms with Gasteiger partial charge in [-0.2, -0.15) is 15.8 Å². The van der Waals surface area contributed by atoms with Crippen molar-refractivity contribution in [3.8, 4) is 35.4 Å². The van der Waals surface area contributed by atoms with Gasteiger partial charge in [0.1, 0.15) is 29.7 Å². The Morgan fingerprint density at radius 2 is 1.91 bits per heavy atom. The number of hydrogen-bond donors (Lipinski definition) is 1. The highest BCUT2D eigenvalue weighted by Crippen LogP contribution is 2.31. The lowest BCUT2D eigenvalue weighted by Gasteiger charge is -2.11. The average Bonchev–Trinajstić information content (AvgIpc) is 3.01. The Hall–Kier alpha value is -3.83. The second-order valence-electron chi connectivity index (χ2n) is 4.25. The first kappa shape index (κ1) is 15.6. The van der Waals surface area contributed by atoms with Gasteiger partial charge in [-0.1, -0.05) is 0 Å². The number of benzene rings is 1. The summed E-state index contributed by atoms with van der Waals surface area (Å²) in [7, 11) is 1.46. The largest absolute Gasteiger partial charge is 0.495 e. The van der Waals surface area contributed by atoms with E-state index in [0.29, 0.717) is 28.8 Å². The number of allylic oxidation sites excluding steroid dienone is 2. The smallest absolute Gasteiger partial charge is 0.247 e. The highest BCUT2D eigenvalue weighted by molar-refractivity contribution is 5.71. The zero-order valence-corrected chi connectivity index (χ0v) is 12.3. The van der Waals surface area contributed by atoms with Gasteiger partial charge in [0.25, 0.3) is 0 Å². The third-order valence-corrected chi connectivity index (χ3v) is 2.82. The third-order valence-electron chi connectivity index (χ3n) is 2.82. The SMILES string of the molecule is COc1ccc(-c2nnc(C)o2)cc1NC(C#N)=C(C#N)C#N. The molecule has 0 unspecified atom stereocenters. The van der Waals surface area contributed by atoms with Crippen LogP contribution in [-0.2, 0) is 0 Å². The molecular weight excluding hydrogens is 296 g/mol. The Kier molecular flexibility index (Phi) is 4.57. The number of hydrogen-bond acceptors (Lipinski definition) is 8. The monoisotopic (exact) mass is 306 g/mol. The van der Waals surface area contributed by atoms with Gasteiger partial charge in [-0.05, 0) is 18.2 Å². The van der Waals surface area contributed by atoms with E-state index >= 15 is 0 Å². The first-order valence-electron chi connectivity index (χ1n) is 6.33. The van der Waals surface area contributed by atoms with Crippen molar-refractivity contribution in [3.63, 3.8) is 0 Å². The molecule has 0 aliphatic rings. The lowest BCUT2D eigenvalue weighted by atomic mass is 10.1. The topological polar surface area (TPSA) is 132 Å². The van der Waals surface area contributed by atoms with Crippen LogP contribution in [0.5, 0.6) is 5.75 Å². The molecule has 0 amide bonds. The van der Waals surface area contributed by atoms with Crippen molar-refractivity contribution in [1.82, 2.24) is 10.2 Å². The van der Waals surface area contributed by atoms with E-state index in [4.69, 9.17) is 24.9 Å². The van der Waals surface area contributed by atoms with Gasteiger partial charge in [-0.25, -0.2) is 0 Å². The normalized spacial score (nSPS) is 9.17. The number of aromatic nitrogens is 2. The Labute approximate surface area is 131 Å². The lowest BCUT2D eigenvalue weighted by Crippen LogP contribution is -2.02. The van der Waals surface area contributed by atoms with Crippen molar-refractivity contribution in [2.45, 2.75) is 6.92 Å². The van der Waals surface area contributed by atoms with Gasteiger partial charge in [0.2, 0.25) is 11.8 Å². The second-order valence-corrected chi connectivity index (χ2v) is 4.25. The Bertz CT molecular complexity index is 876. The van der Waals surface area contributed by atoms with Crippen molar-refractivity contribution in [1.29, 1.82) is 15.8 Å². The van der Waals surface area contributed by atoms with Crippen LogP contribution in [0, 0.1) is 40.9 Å². The Balaban J connectivity index is 2.49. The van der Waals surface area contributed by atoms with Gasteiger partial charge in [-0.3, -0.25) is 0 Å². The van der Waals surface area contributed by atoms with Crippen molar-refractivity contribution in [3.05, 3.63) is 35.4 Å². The van der Waals surface area contributed by atoms with Crippen molar-refractivity contribution in [2.24, 2.45) is 0 Å². The molecule has 8 heteroatoms. The van der Waals surface area contributed by atoms with Crippen LogP contribution in [0.2, 0.25) is 0 Å². The number of nitriles is 3. The molecule has 0 aliphatic carbocycles. The predicted octanol–water partition coefficient (Wildman–Crippen LogP) is 2.29. The molecule has 0 radical (unpaired) electrons. The molecule has 8 nitrogen and oxygen atoms in total. The maximum absolute atomic E-state index is 9.12. The van der Waals surface area contributed by atoms with Crippen molar-refractivity contribution < 1.29 is 9.15 Å². The number of methoxy groups -OCH3 is 1. The van der Waals surface area contributed by atoms with Crippen molar-refractivity contribution in [2.75, 3.05) is 12.4 Å². The number of rotatable bonds is 4. The van der Waals surface area contributed by atoms with Gasteiger partial charge >= 0.3 is 0 Å². The summed E-state index contributed by atoms with van der Waals surface area (Å²) in [6.07, 6.45) is 0. The molecule has 0 aliphatic heterocycles. The van der Waals surface area contributed by atoms with Crippen LogP contribution in [0.25, 0.3) is 11.5 Å². The molecule has 0 spiro atoms. The molecular formula is C15H10N6O2. The zero-order valence-electron chi connectivity index (χ0n) is 12.3. The zero-order chi connectivity index (χ0) is 16.8. The minimum Gasteiger partial charge on any atom is -0.495 e. The summed E-state index contributed by atoms with van der Waals surface area (Å²) in [6, 6.07) is 10.1. The first-order chi connectivity index (χ1) is 11.1. The highest BCUT2D eigenvalue weighted by Gasteiger charge is 2.13.